The molecule has 0 aliphatic carbocycles. The van der Waals surface area contributed by atoms with Crippen LogP contribution in [0, 0.1) is 6.92 Å². The van der Waals surface area contributed by atoms with Crippen LogP contribution in [0.3, 0.4) is 0 Å². The van der Waals surface area contributed by atoms with Gasteiger partial charge in [0.25, 0.3) is 0 Å². The van der Waals surface area contributed by atoms with Crippen molar-refractivity contribution in [3.63, 3.8) is 0 Å². The van der Waals surface area contributed by atoms with Crippen LogP contribution in [-0.2, 0) is 6.54 Å². The van der Waals surface area contributed by atoms with Crippen molar-refractivity contribution in [1.82, 2.24) is 0 Å². The maximum atomic E-state index is 6.09. The third-order valence-corrected chi connectivity index (χ3v) is 2.91. The quantitative estimate of drug-likeness (QED) is 0.808. The van der Waals surface area contributed by atoms with Gasteiger partial charge in [0.2, 0.25) is 0 Å². The first-order chi connectivity index (χ1) is 8.15. The lowest BCUT2D eigenvalue weighted by Gasteiger charge is -2.09. The van der Waals surface area contributed by atoms with Crippen LogP contribution in [0.2, 0.25) is 5.02 Å². The number of nitrogen functional groups attached to an aromatic ring is 1. The van der Waals surface area contributed by atoms with Gasteiger partial charge in [-0.15, -0.1) is 0 Å². The van der Waals surface area contributed by atoms with Crippen molar-refractivity contribution in [2.45, 2.75) is 13.5 Å². The molecule has 0 saturated carbocycles. The van der Waals surface area contributed by atoms with E-state index in [2.05, 4.69) is 11.4 Å². The van der Waals surface area contributed by atoms with Crippen LogP contribution in [0.4, 0.5) is 11.4 Å². The molecule has 0 spiro atoms. The predicted octanol–water partition coefficient (Wildman–Crippen LogP) is 3.84. The van der Waals surface area contributed by atoms with Crippen molar-refractivity contribution >= 4 is 23.0 Å². The minimum Gasteiger partial charge on any atom is -0.399 e. The highest BCUT2D eigenvalue weighted by Crippen LogP contribution is 2.19. The summed E-state index contributed by atoms with van der Waals surface area (Å²) in [6.07, 6.45) is 0. The number of hydrogen-bond donors (Lipinski definition) is 2. The molecule has 0 radical (unpaired) electrons. The smallest absolute Gasteiger partial charge is 0.0455 e. The first-order valence-corrected chi connectivity index (χ1v) is 5.87. The van der Waals surface area contributed by atoms with E-state index in [9.17, 15) is 0 Å². The Morgan fingerprint density at radius 3 is 2.65 bits per heavy atom. The Bertz CT molecular complexity index is 503. The van der Waals surface area contributed by atoms with Crippen LogP contribution in [-0.4, -0.2) is 0 Å². The molecule has 2 rings (SSSR count). The van der Waals surface area contributed by atoms with Crippen molar-refractivity contribution in [2.24, 2.45) is 0 Å². The fourth-order valence-electron chi connectivity index (χ4n) is 1.75. The van der Waals surface area contributed by atoms with Gasteiger partial charge in [0.1, 0.15) is 0 Å². The Hall–Kier alpha value is -1.67. The number of aryl methyl sites for hydroxylation is 1. The lowest BCUT2D eigenvalue weighted by Crippen LogP contribution is -2.01. The second kappa shape index (κ2) is 5.11. The molecule has 0 saturated heterocycles. The molecule has 2 aromatic carbocycles. The Labute approximate surface area is 106 Å². The zero-order valence-corrected chi connectivity index (χ0v) is 10.5. The second-order valence-corrected chi connectivity index (χ2v) is 4.48. The molecule has 0 bridgehead atoms. The normalized spacial score (nSPS) is 10.2. The van der Waals surface area contributed by atoms with E-state index in [4.69, 9.17) is 17.3 Å². The highest BCUT2D eigenvalue weighted by atomic mass is 35.5. The summed E-state index contributed by atoms with van der Waals surface area (Å²) in [4.78, 5) is 0. The topological polar surface area (TPSA) is 38.0 Å². The number of hydrogen-bond acceptors (Lipinski definition) is 2. The number of rotatable bonds is 3. The van der Waals surface area contributed by atoms with E-state index in [1.807, 2.05) is 43.3 Å². The van der Waals surface area contributed by atoms with Crippen molar-refractivity contribution in [2.75, 3.05) is 11.1 Å². The average Bonchev–Trinajstić information content (AvgIpc) is 2.27. The van der Waals surface area contributed by atoms with E-state index in [-0.39, 0.29) is 0 Å². The number of anilines is 2. The Kier molecular flexibility index (Phi) is 3.55. The van der Waals surface area contributed by atoms with Crippen LogP contribution in [0.15, 0.2) is 42.5 Å². The molecule has 0 heterocycles. The highest BCUT2D eigenvalue weighted by Gasteiger charge is 2.00. The molecule has 0 aliphatic rings. The largest absolute Gasteiger partial charge is 0.399 e. The standard InChI is InChI=1S/C14H15ClN2/c1-10-6-12(16)8-13(7-10)17-9-11-4-2-3-5-14(11)15/h2-8,17H,9,16H2,1H3. The summed E-state index contributed by atoms with van der Waals surface area (Å²) in [7, 11) is 0. The zero-order chi connectivity index (χ0) is 12.3. The van der Waals surface area contributed by atoms with Gasteiger partial charge >= 0.3 is 0 Å². The number of halogens is 1. The van der Waals surface area contributed by atoms with Crippen LogP contribution in [0.1, 0.15) is 11.1 Å². The molecule has 0 fully saturated rings. The minimum absolute atomic E-state index is 0.697. The van der Waals surface area contributed by atoms with Crippen molar-refractivity contribution in [3.8, 4) is 0 Å². The van der Waals surface area contributed by atoms with Gasteiger partial charge in [-0.2, -0.15) is 0 Å². The SMILES string of the molecule is Cc1cc(N)cc(NCc2ccccc2Cl)c1. The van der Waals surface area contributed by atoms with E-state index >= 15 is 0 Å². The van der Waals surface area contributed by atoms with Gasteiger partial charge in [0.15, 0.2) is 0 Å². The summed E-state index contributed by atoms with van der Waals surface area (Å²) in [5.41, 5.74) is 9.80. The van der Waals surface area contributed by atoms with Crippen molar-refractivity contribution in [3.05, 3.63) is 58.6 Å². The highest BCUT2D eigenvalue weighted by molar-refractivity contribution is 6.31. The second-order valence-electron chi connectivity index (χ2n) is 4.08. The number of benzene rings is 2. The summed E-state index contributed by atoms with van der Waals surface area (Å²) in [6.45, 7) is 2.72. The summed E-state index contributed by atoms with van der Waals surface area (Å²) < 4.78 is 0. The third kappa shape index (κ3) is 3.14. The molecule has 0 amide bonds. The fraction of sp³-hybridized carbons (Fsp3) is 0.143. The van der Waals surface area contributed by atoms with Gasteiger partial charge in [-0.05, 0) is 42.3 Å². The Morgan fingerprint density at radius 2 is 1.94 bits per heavy atom. The van der Waals surface area contributed by atoms with Crippen molar-refractivity contribution in [1.29, 1.82) is 0 Å². The molecule has 17 heavy (non-hydrogen) atoms. The Balaban J connectivity index is 2.10. The van der Waals surface area contributed by atoms with Gasteiger partial charge in [-0.3, -0.25) is 0 Å². The van der Waals surface area contributed by atoms with Gasteiger partial charge in [-0.25, -0.2) is 0 Å². The van der Waals surface area contributed by atoms with E-state index in [0.717, 1.165) is 27.5 Å². The third-order valence-electron chi connectivity index (χ3n) is 2.54. The summed E-state index contributed by atoms with van der Waals surface area (Å²) in [5.74, 6) is 0. The molecule has 0 aromatic heterocycles. The molecule has 0 atom stereocenters. The van der Waals surface area contributed by atoms with E-state index in [1.165, 1.54) is 0 Å². The van der Waals surface area contributed by atoms with Gasteiger partial charge < -0.3 is 11.1 Å². The molecule has 0 aliphatic heterocycles. The molecule has 2 nitrogen and oxygen atoms in total. The van der Waals surface area contributed by atoms with E-state index < -0.39 is 0 Å². The first kappa shape index (κ1) is 11.8. The molecular formula is C14H15ClN2. The summed E-state index contributed by atoms with van der Waals surface area (Å²) in [6, 6.07) is 13.7. The maximum Gasteiger partial charge on any atom is 0.0455 e. The predicted molar refractivity (Wildman–Crippen MR) is 74.4 cm³/mol. The van der Waals surface area contributed by atoms with Crippen LogP contribution >= 0.6 is 11.6 Å². The Morgan fingerprint density at radius 1 is 1.18 bits per heavy atom. The minimum atomic E-state index is 0.697. The maximum absolute atomic E-state index is 6.09. The van der Waals surface area contributed by atoms with Gasteiger partial charge in [-0.1, -0.05) is 29.8 Å². The van der Waals surface area contributed by atoms with E-state index in [1.54, 1.807) is 0 Å². The first-order valence-electron chi connectivity index (χ1n) is 5.49. The van der Waals surface area contributed by atoms with Crippen LogP contribution in [0.25, 0.3) is 0 Å². The van der Waals surface area contributed by atoms with Crippen molar-refractivity contribution < 1.29 is 0 Å². The molecular weight excluding hydrogens is 232 g/mol. The summed E-state index contributed by atoms with van der Waals surface area (Å²) >= 11 is 6.09. The number of nitrogens with one attached hydrogen (secondary N) is 1. The lowest BCUT2D eigenvalue weighted by atomic mass is 10.2. The number of nitrogens with two attached hydrogens (primary N) is 1. The fourth-order valence-corrected chi connectivity index (χ4v) is 1.96. The monoisotopic (exact) mass is 246 g/mol. The van der Waals surface area contributed by atoms with E-state index in [0.29, 0.717) is 6.54 Å². The van der Waals surface area contributed by atoms with Gasteiger partial charge in [0, 0.05) is 22.9 Å². The molecule has 3 heteroatoms. The molecule has 88 valence electrons. The molecule has 3 N–H and O–H groups in total. The van der Waals surface area contributed by atoms with Crippen LogP contribution in [0.5, 0.6) is 0 Å². The summed E-state index contributed by atoms with van der Waals surface area (Å²) in [5, 5.41) is 4.10. The zero-order valence-electron chi connectivity index (χ0n) is 9.70. The molecule has 0 unspecified atom stereocenters. The van der Waals surface area contributed by atoms with Crippen LogP contribution < -0.4 is 11.1 Å². The molecule has 2 aromatic rings. The lowest BCUT2D eigenvalue weighted by molar-refractivity contribution is 1.15. The van der Waals surface area contributed by atoms with Gasteiger partial charge in [0.05, 0.1) is 0 Å². The average molecular weight is 247 g/mol.